The fourth-order valence-electron chi connectivity index (χ4n) is 1.69. The van der Waals surface area contributed by atoms with E-state index < -0.39 is 6.10 Å². The molecule has 2 atom stereocenters. The molecule has 0 saturated carbocycles. The van der Waals surface area contributed by atoms with Gasteiger partial charge in [0.2, 0.25) is 0 Å². The Morgan fingerprint density at radius 2 is 2.06 bits per heavy atom. The Morgan fingerprint density at radius 1 is 1.33 bits per heavy atom. The summed E-state index contributed by atoms with van der Waals surface area (Å²) in [4.78, 5) is 0. The summed E-state index contributed by atoms with van der Waals surface area (Å²) in [6.07, 6.45) is 0.769. The van der Waals surface area contributed by atoms with Crippen LogP contribution in [0.1, 0.15) is 31.4 Å². The molecule has 0 aliphatic rings. The third kappa shape index (κ3) is 4.75. The van der Waals surface area contributed by atoms with Crippen LogP contribution in [0.25, 0.3) is 0 Å². The van der Waals surface area contributed by atoms with Crippen molar-refractivity contribution in [1.82, 2.24) is 5.32 Å². The van der Waals surface area contributed by atoms with Crippen LogP contribution in [-0.2, 0) is 0 Å². The van der Waals surface area contributed by atoms with Crippen LogP contribution in [0.4, 0.5) is 0 Å². The zero-order valence-corrected chi connectivity index (χ0v) is 11.9. The molecule has 1 aromatic carbocycles. The molecule has 0 fully saturated rings. The van der Waals surface area contributed by atoms with Crippen LogP contribution in [0.2, 0.25) is 10.0 Å². The van der Waals surface area contributed by atoms with E-state index in [-0.39, 0.29) is 12.6 Å². The minimum atomic E-state index is -0.626. The maximum atomic E-state index is 10.0. The second kappa shape index (κ2) is 7.97. The van der Waals surface area contributed by atoms with Gasteiger partial charge in [0.05, 0.1) is 12.7 Å². The van der Waals surface area contributed by atoms with Crippen LogP contribution in [0, 0.1) is 0 Å². The van der Waals surface area contributed by atoms with Crippen molar-refractivity contribution < 1.29 is 10.2 Å². The van der Waals surface area contributed by atoms with Crippen molar-refractivity contribution in [2.45, 2.75) is 31.9 Å². The zero-order valence-electron chi connectivity index (χ0n) is 10.4. The predicted molar refractivity (Wildman–Crippen MR) is 75.2 cm³/mol. The quantitative estimate of drug-likeness (QED) is 0.724. The fourth-order valence-corrected chi connectivity index (χ4v) is 2.22. The second-order valence-electron chi connectivity index (χ2n) is 4.21. The second-order valence-corrected chi connectivity index (χ2v) is 5.06. The van der Waals surface area contributed by atoms with E-state index in [9.17, 15) is 5.11 Å². The predicted octanol–water partition coefficient (Wildman–Crippen LogP) is 2.78. The van der Waals surface area contributed by atoms with Gasteiger partial charge >= 0.3 is 0 Å². The van der Waals surface area contributed by atoms with Crippen LogP contribution >= 0.6 is 23.2 Å². The number of aliphatic hydroxyl groups excluding tert-OH is 2. The number of benzene rings is 1. The van der Waals surface area contributed by atoms with Crippen LogP contribution in [0.15, 0.2) is 18.2 Å². The average Bonchev–Trinajstić information content (AvgIpc) is 2.34. The van der Waals surface area contributed by atoms with Gasteiger partial charge in [0, 0.05) is 16.1 Å². The minimum Gasteiger partial charge on any atom is -0.395 e. The van der Waals surface area contributed by atoms with Crippen LogP contribution < -0.4 is 5.32 Å². The highest BCUT2D eigenvalue weighted by Crippen LogP contribution is 2.27. The first-order chi connectivity index (χ1) is 8.58. The van der Waals surface area contributed by atoms with Gasteiger partial charge in [-0.1, -0.05) is 36.2 Å². The molecule has 0 aromatic heterocycles. The molecule has 0 radical (unpaired) electrons. The molecule has 102 valence electrons. The van der Waals surface area contributed by atoms with Gasteiger partial charge in [-0.05, 0) is 37.1 Å². The molecule has 1 rings (SSSR count). The van der Waals surface area contributed by atoms with Crippen molar-refractivity contribution in [2.24, 2.45) is 0 Å². The van der Waals surface area contributed by atoms with Crippen molar-refractivity contribution in [2.75, 3.05) is 13.2 Å². The van der Waals surface area contributed by atoms with E-state index in [2.05, 4.69) is 5.32 Å². The molecule has 2 unspecified atom stereocenters. The van der Waals surface area contributed by atoms with Crippen molar-refractivity contribution in [3.05, 3.63) is 33.8 Å². The topological polar surface area (TPSA) is 52.5 Å². The van der Waals surface area contributed by atoms with Crippen LogP contribution in [-0.4, -0.2) is 29.4 Å². The lowest BCUT2D eigenvalue weighted by Crippen LogP contribution is -2.33. The maximum absolute atomic E-state index is 10.0. The summed E-state index contributed by atoms with van der Waals surface area (Å²) in [6, 6.07) is 5.15. The van der Waals surface area contributed by atoms with E-state index in [1.807, 2.05) is 6.92 Å². The molecule has 5 heteroatoms. The summed E-state index contributed by atoms with van der Waals surface area (Å²) in [5.74, 6) is 0. The summed E-state index contributed by atoms with van der Waals surface area (Å²) in [5, 5.41) is 23.2. The smallest absolute Gasteiger partial charge is 0.0816 e. The van der Waals surface area contributed by atoms with E-state index in [1.54, 1.807) is 18.2 Å². The monoisotopic (exact) mass is 291 g/mol. The number of rotatable bonds is 7. The average molecular weight is 292 g/mol. The highest BCUT2D eigenvalue weighted by molar-refractivity contribution is 6.35. The summed E-state index contributed by atoms with van der Waals surface area (Å²) >= 11 is 11.8. The molecular formula is C13H19Cl2NO2. The van der Waals surface area contributed by atoms with Gasteiger partial charge in [0.25, 0.3) is 0 Å². The molecule has 3 nitrogen and oxygen atoms in total. The lowest BCUT2D eigenvalue weighted by Gasteiger charge is -2.17. The SMILES string of the molecule is CCC(CO)NCCC(O)c1ccc(Cl)cc1Cl. The Morgan fingerprint density at radius 3 is 2.61 bits per heavy atom. The Kier molecular flexibility index (Phi) is 6.97. The molecule has 0 spiro atoms. The fraction of sp³-hybridized carbons (Fsp3) is 0.538. The maximum Gasteiger partial charge on any atom is 0.0816 e. The van der Waals surface area contributed by atoms with Gasteiger partial charge in [0.1, 0.15) is 0 Å². The van der Waals surface area contributed by atoms with Gasteiger partial charge in [0.15, 0.2) is 0 Å². The van der Waals surface area contributed by atoms with Crippen LogP contribution in [0.3, 0.4) is 0 Å². The summed E-state index contributed by atoms with van der Waals surface area (Å²) in [7, 11) is 0. The van der Waals surface area contributed by atoms with Gasteiger partial charge in [-0.15, -0.1) is 0 Å². The Bertz CT molecular complexity index is 370. The van der Waals surface area contributed by atoms with Gasteiger partial charge < -0.3 is 15.5 Å². The zero-order chi connectivity index (χ0) is 13.5. The third-order valence-corrected chi connectivity index (χ3v) is 3.45. The highest BCUT2D eigenvalue weighted by atomic mass is 35.5. The molecule has 0 heterocycles. The summed E-state index contributed by atoms with van der Waals surface area (Å²) < 4.78 is 0. The number of hydrogen-bond donors (Lipinski definition) is 3. The molecule has 18 heavy (non-hydrogen) atoms. The molecule has 0 amide bonds. The van der Waals surface area contributed by atoms with Crippen molar-refractivity contribution >= 4 is 23.2 Å². The third-order valence-electron chi connectivity index (χ3n) is 2.89. The Hall–Kier alpha value is -0.320. The van der Waals surface area contributed by atoms with E-state index in [4.69, 9.17) is 28.3 Å². The van der Waals surface area contributed by atoms with Gasteiger partial charge in [-0.3, -0.25) is 0 Å². The molecule has 0 saturated heterocycles. The van der Waals surface area contributed by atoms with E-state index in [0.29, 0.717) is 28.6 Å². The first-order valence-electron chi connectivity index (χ1n) is 6.05. The number of hydrogen-bond acceptors (Lipinski definition) is 3. The molecule has 0 aliphatic heterocycles. The Labute approximate surface area is 118 Å². The number of halogens is 2. The lowest BCUT2D eigenvalue weighted by molar-refractivity contribution is 0.161. The van der Waals surface area contributed by atoms with E-state index in [0.717, 1.165) is 6.42 Å². The summed E-state index contributed by atoms with van der Waals surface area (Å²) in [5.41, 5.74) is 0.680. The molecule has 0 aliphatic carbocycles. The van der Waals surface area contributed by atoms with Gasteiger partial charge in [-0.25, -0.2) is 0 Å². The number of nitrogens with one attached hydrogen (secondary N) is 1. The largest absolute Gasteiger partial charge is 0.395 e. The molecule has 1 aromatic rings. The van der Waals surface area contributed by atoms with Crippen molar-refractivity contribution in [3.63, 3.8) is 0 Å². The van der Waals surface area contributed by atoms with Crippen LogP contribution in [0.5, 0.6) is 0 Å². The minimum absolute atomic E-state index is 0.0814. The van der Waals surface area contributed by atoms with E-state index in [1.165, 1.54) is 0 Å². The Balaban J connectivity index is 2.47. The first kappa shape index (κ1) is 15.7. The lowest BCUT2D eigenvalue weighted by atomic mass is 10.1. The highest BCUT2D eigenvalue weighted by Gasteiger charge is 2.12. The van der Waals surface area contributed by atoms with Crippen molar-refractivity contribution in [3.8, 4) is 0 Å². The number of aliphatic hydroxyl groups is 2. The first-order valence-corrected chi connectivity index (χ1v) is 6.81. The molecule has 3 N–H and O–H groups in total. The van der Waals surface area contributed by atoms with Gasteiger partial charge in [-0.2, -0.15) is 0 Å². The molecular weight excluding hydrogens is 273 g/mol. The van der Waals surface area contributed by atoms with Crippen molar-refractivity contribution in [1.29, 1.82) is 0 Å². The molecule has 0 bridgehead atoms. The summed E-state index contributed by atoms with van der Waals surface area (Å²) in [6.45, 7) is 2.73. The van der Waals surface area contributed by atoms with E-state index >= 15 is 0 Å². The normalized spacial score (nSPS) is 14.5. The standard InChI is InChI=1S/C13H19Cl2NO2/c1-2-10(8-17)16-6-5-13(18)11-4-3-9(14)7-12(11)15/h3-4,7,10,13,16-18H,2,5-6,8H2,1H3.